The normalized spacial score (nSPS) is 32.9. The minimum atomic E-state index is 0.252. The summed E-state index contributed by atoms with van der Waals surface area (Å²) < 4.78 is 0. The fourth-order valence-corrected chi connectivity index (χ4v) is 3.41. The Morgan fingerprint density at radius 2 is 2.18 bits per heavy atom. The Bertz CT molecular complexity index is 267. The van der Waals surface area contributed by atoms with Gasteiger partial charge < -0.3 is 5.11 Å². The largest absolute Gasteiger partial charge is 0.396 e. The van der Waals surface area contributed by atoms with Crippen LogP contribution in [0.4, 0.5) is 0 Å². The van der Waals surface area contributed by atoms with Gasteiger partial charge in [-0.15, -0.1) is 0 Å². The molecule has 0 amide bonds. The molecular formula is C14H25NO2. The lowest BCUT2D eigenvalue weighted by molar-refractivity contribution is -0.126. The van der Waals surface area contributed by atoms with E-state index in [9.17, 15) is 4.79 Å². The van der Waals surface area contributed by atoms with E-state index in [2.05, 4.69) is 11.8 Å². The van der Waals surface area contributed by atoms with Gasteiger partial charge in [0.1, 0.15) is 5.78 Å². The zero-order valence-corrected chi connectivity index (χ0v) is 10.9. The van der Waals surface area contributed by atoms with Crippen LogP contribution in [-0.2, 0) is 4.79 Å². The summed E-state index contributed by atoms with van der Waals surface area (Å²) in [4.78, 5) is 14.5. The fraction of sp³-hybridized carbons (Fsp3) is 0.929. The van der Waals surface area contributed by atoms with Crippen LogP contribution < -0.4 is 0 Å². The fourth-order valence-electron chi connectivity index (χ4n) is 3.41. The maximum atomic E-state index is 12.0. The third kappa shape index (κ3) is 3.08. The lowest BCUT2D eigenvalue weighted by Gasteiger charge is -2.34. The van der Waals surface area contributed by atoms with Crippen LogP contribution in [0.5, 0.6) is 0 Å². The lowest BCUT2D eigenvalue weighted by atomic mass is 9.81. The summed E-state index contributed by atoms with van der Waals surface area (Å²) >= 11 is 0. The number of carbonyl (C=O) groups is 1. The van der Waals surface area contributed by atoms with E-state index in [-0.39, 0.29) is 12.5 Å². The number of rotatable bonds is 4. The van der Waals surface area contributed by atoms with E-state index >= 15 is 0 Å². The Hall–Kier alpha value is -0.410. The number of carbonyl (C=O) groups excluding carboxylic acids is 1. The molecule has 1 heterocycles. The van der Waals surface area contributed by atoms with Gasteiger partial charge in [0.2, 0.25) is 0 Å². The van der Waals surface area contributed by atoms with Crippen LogP contribution in [-0.4, -0.2) is 41.5 Å². The van der Waals surface area contributed by atoms with E-state index in [1.807, 2.05) is 0 Å². The molecule has 3 unspecified atom stereocenters. The molecule has 3 heteroatoms. The Kier molecular flexibility index (Phi) is 4.57. The second-order valence-corrected chi connectivity index (χ2v) is 5.81. The second kappa shape index (κ2) is 5.96. The smallest absolute Gasteiger partial charge is 0.137 e. The number of ketones is 1. The first-order chi connectivity index (χ1) is 8.22. The second-order valence-electron chi connectivity index (χ2n) is 5.81. The highest BCUT2D eigenvalue weighted by Crippen LogP contribution is 2.32. The van der Waals surface area contributed by atoms with E-state index in [0.717, 1.165) is 32.4 Å². The molecule has 0 bridgehead atoms. The molecule has 1 aliphatic heterocycles. The molecule has 0 aromatic carbocycles. The molecule has 1 saturated heterocycles. The Labute approximate surface area is 104 Å². The topological polar surface area (TPSA) is 40.5 Å². The predicted octanol–water partition coefficient (Wildman–Crippen LogP) is 1.84. The number of aliphatic hydroxyl groups is 1. The summed E-state index contributed by atoms with van der Waals surface area (Å²) in [5.74, 6) is 1.11. The molecule has 3 nitrogen and oxygen atoms in total. The minimum absolute atomic E-state index is 0.252. The molecule has 17 heavy (non-hydrogen) atoms. The quantitative estimate of drug-likeness (QED) is 0.814. The standard InChI is InChI=1S/C14H25NO2/c1-11(10-16)9-15-8-4-6-13(15)12-5-2-3-7-14(12)17/h11-13,16H,2-10H2,1H3. The molecule has 1 N–H and O–H groups in total. The van der Waals surface area contributed by atoms with Gasteiger partial charge in [-0.2, -0.15) is 0 Å². The number of aliphatic hydroxyl groups excluding tert-OH is 1. The van der Waals surface area contributed by atoms with Gasteiger partial charge in [-0.05, 0) is 38.1 Å². The highest BCUT2D eigenvalue weighted by atomic mass is 16.3. The van der Waals surface area contributed by atoms with Gasteiger partial charge in [-0.25, -0.2) is 0 Å². The minimum Gasteiger partial charge on any atom is -0.396 e. The molecule has 1 aliphatic carbocycles. The van der Waals surface area contributed by atoms with Gasteiger partial charge >= 0.3 is 0 Å². The van der Waals surface area contributed by atoms with Gasteiger partial charge in [0, 0.05) is 31.5 Å². The summed E-state index contributed by atoms with van der Waals surface area (Å²) in [6.45, 7) is 4.39. The molecule has 0 aromatic rings. The summed E-state index contributed by atoms with van der Waals surface area (Å²) in [6, 6.07) is 0.469. The number of nitrogens with zero attached hydrogens (tertiary/aromatic N) is 1. The van der Waals surface area contributed by atoms with Gasteiger partial charge in [0.15, 0.2) is 0 Å². The molecular weight excluding hydrogens is 214 g/mol. The lowest BCUT2D eigenvalue weighted by Crippen LogP contribution is -2.42. The van der Waals surface area contributed by atoms with Gasteiger partial charge in [-0.1, -0.05) is 13.3 Å². The molecule has 2 aliphatic rings. The Balaban J connectivity index is 1.95. The Morgan fingerprint density at radius 3 is 2.88 bits per heavy atom. The zero-order valence-electron chi connectivity index (χ0n) is 10.9. The van der Waals surface area contributed by atoms with Crippen molar-refractivity contribution in [3.8, 4) is 0 Å². The number of hydrogen-bond donors (Lipinski definition) is 1. The molecule has 2 fully saturated rings. The van der Waals surface area contributed by atoms with E-state index in [1.54, 1.807) is 0 Å². The van der Waals surface area contributed by atoms with Crippen LogP contribution in [0.25, 0.3) is 0 Å². The van der Waals surface area contributed by atoms with Gasteiger partial charge in [-0.3, -0.25) is 9.69 Å². The van der Waals surface area contributed by atoms with E-state index in [1.165, 1.54) is 19.3 Å². The molecule has 0 aromatic heterocycles. The molecule has 1 saturated carbocycles. The first-order valence-corrected chi connectivity index (χ1v) is 7.10. The van der Waals surface area contributed by atoms with Crippen LogP contribution in [0.15, 0.2) is 0 Å². The first-order valence-electron chi connectivity index (χ1n) is 7.10. The van der Waals surface area contributed by atoms with Crippen molar-refractivity contribution < 1.29 is 9.90 Å². The van der Waals surface area contributed by atoms with Crippen molar-refractivity contribution in [3.05, 3.63) is 0 Å². The van der Waals surface area contributed by atoms with Crippen LogP contribution in [0.3, 0.4) is 0 Å². The average Bonchev–Trinajstić information content (AvgIpc) is 2.77. The molecule has 2 rings (SSSR count). The van der Waals surface area contributed by atoms with Crippen molar-refractivity contribution in [2.24, 2.45) is 11.8 Å². The van der Waals surface area contributed by atoms with Crippen molar-refractivity contribution in [2.75, 3.05) is 19.7 Å². The zero-order chi connectivity index (χ0) is 12.3. The predicted molar refractivity (Wildman–Crippen MR) is 67.8 cm³/mol. The summed E-state index contributed by atoms with van der Waals surface area (Å²) in [7, 11) is 0. The van der Waals surface area contributed by atoms with Crippen LogP contribution in [0, 0.1) is 11.8 Å². The van der Waals surface area contributed by atoms with E-state index in [4.69, 9.17) is 5.11 Å². The van der Waals surface area contributed by atoms with Crippen LogP contribution in [0.2, 0.25) is 0 Å². The van der Waals surface area contributed by atoms with Gasteiger partial charge in [0.25, 0.3) is 0 Å². The number of Topliss-reactive ketones (excluding diaryl/α,β-unsaturated/α-hetero) is 1. The monoisotopic (exact) mass is 239 g/mol. The van der Waals surface area contributed by atoms with Crippen molar-refractivity contribution >= 4 is 5.78 Å². The highest BCUT2D eigenvalue weighted by Gasteiger charge is 2.36. The number of likely N-dealkylation sites (tertiary alicyclic amines) is 1. The SMILES string of the molecule is CC(CO)CN1CCCC1C1CCCCC1=O. The maximum Gasteiger partial charge on any atom is 0.137 e. The molecule has 0 radical (unpaired) electrons. The molecule has 98 valence electrons. The van der Waals surface area contributed by atoms with Crippen LogP contribution >= 0.6 is 0 Å². The third-order valence-electron chi connectivity index (χ3n) is 4.34. The Morgan fingerprint density at radius 1 is 1.35 bits per heavy atom. The third-order valence-corrected chi connectivity index (χ3v) is 4.34. The van der Waals surface area contributed by atoms with E-state index < -0.39 is 0 Å². The average molecular weight is 239 g/mol. The number of hydrogen-bond acceptors (Lipinski definition) is 3. The maximum absolute atomic E-state index is 12.0. The highest BCUT2D eigenvalue weighted by molar-refractivity contribution is 5.82. The van der Waals surface area contributed by atoms with E-state index in [0.29, 0.717) is 17.7 Å². The van der Waals surface area contributed by atoms with Crippen molar-refractivity contribution in [2.45, 2.75) is 51.5 Å². The van der Waals surface area contributed by atoms with Crippen molar-refractivity contribution in [3.63, 3.8) is 0 Å². The molecule has 0 spiro atoms. The first kappa shape index (κ1) is 13.0. The van der Waals surface area contributed by atoms with Crippen molar-refractivity contribution in [1.82, 2.24) is 4.90 Å². The van der Waals surface area contributed by atoms with Crippen molar-refractivity contribution in [1.29, 1.82) is 0 Å². The summed E-state index contributed by atoms with van der Waals surface area (Å²) in [5, 5.41) is 9.15. The van der Waals surface area contributed by atoms with Crippen LogP contribution in [0.1, 0.15) is 45.4 Å². The summed E-state index contributed by atoms with van der Waals surface area (Å²) in [6.07, 6.45) is 6.59. The molecule has 3 atom stereocenters. The van der Waals surface area contributed by atoms with Gasteiger partial charge in [0.05, 0.1) is 0 Å². The summed E-state index contributed by atoms with van der Waals surface area (Å²) in [5.41, 5.74) is 0.